The average Bonchev–Trinajstić information content (AvgIpc) is 2.87. The number of hydrogen-bond donors (Lipinski definition) is 0. The molecule has 1 saturated carbocycles. The van der Waals surface area contributed by atoms with E-state index < -0.39 is 0 Å². The highest BCUT2D eigenvalue weighted by atomic mass is 35.5. The molecule has 0 atom stereocenters. The van der Waals surface area contributed by atoms with Crippen molar-refractivity contribution in [2.75, 3.05) is 0 Å². The molecule has 1 nitrogen and oxygen atoms in total. The maximum absolute atomic E-state index is 8.60. The van der Waals surface area contributed by atoms with E-state index >= 15 is 0 Å². The van der Waals surface area contributed by atoms with E-state index in [1.165, 1.54) is 18.4 Å². The largest absolute Gasteiger partial charge is 0.192 e. The molecule has 1 fully saturated rings. The molecule has 0 aliphatic heterocycles. The van der Waals surface area contributed by atoms with Crippen molar-refractivity contribution >= 4 is 11.6 Å². The van der Waals surface area contributed by atoms with Crippen molar-refractivity contribution in [3.05, 3.63) is 34.3 Å². The smallest absolute Gasteiger partial charge is 0.0992 e. The van der Waals surface area contributed by atoms with Gasteiger partial charge in [0.2, 0.25) is 0 Å². The Hall–Kier alpha value is -1.00. The van der Waals surface area contributed by atoms with Gasteiger partial charge in [-0.2, -0.15) is 5.26 Å². The van der Waals surface area contributed by atoms with Crippen molar-refractivity contribution < 1.29 is 0 Å². The second-order valence-electron chi connectivity index (χ2n) is 3.12. The van der Waals surface area contributed by atoms with Crippen LogP contribution in [0.2, 0.25) is 5.02 Å². The van der Waals surface area contributed by atoms with Gasteiger partial charge < -0.3 is 0 Å². The van der Waals surface area contributed by atoms with Gasteiger partial charge in [-0.05, 0) is 36.5 Å². The summed E-state index contributed by atoms with van der Waals surface area (Å²) >= 11 is 5.99. The van der Waals surface area contributed by atoms with Crippen LogP contribution in [0.25, 0.3) is 0 Å². The standard InChI is InChI=1S/C10H8ClN/c11-10-5-7(6-12)1-4-9(10)8-2-3-8/h1,4-5,8H,2-3H2. The lowest BCUT2D eigenvalue weighted by Crippen LogP contribution is -1.82. The quantitative estimate of drug-likeness (QED) is 0.647. The molecular formula is C10H8ClN. The first-order valence-corrected chi connectivity index (χ1v) is 4.38. The van der Waals surface area contributed by atoms with Crippen LogP contribution >= 0.6 is 11.6 Å². The Morgan fingerprint density at radius 3 is 2.67 bits per heavy atom. The molecular weight excluding hydrogens is 170 g/mol. The average molecular weight is 178 g/mol. The molecule has 1 aromatic carbocycles. The minimum absolute atomic E-state index is 0.643. The zero-order valence-electron chi connectivity index (χ0n) is 6.55. The summed E-state index contributed by atoms with van der Waals surface area (Å²) in [4.78, 5) is 0. The summed E-state index contributed by atoms with van der Waals surface area (Å²) in [6.07, 6.45) is 2.48. The number of benzene rings is 1. The molecule has 0 aromatic heterocycles. The van der Waals surface area contributed by atoms with Crippen molar-refractivity contribution in [2.24, 2.45) is 0 Å². The van der Waals surface area contributed by atoms with E-state index in [-0.39, 0.29) is 0 Å². The number of rotatable bonds is 1. The highest BCUT2D eigenvalue weighted by Gasteiger charge is 2.25. The van der Waals surface area contributed by atoms with Crippen molar-refractivity contribution in [1.82, 2.24) is 0 Å². The molecule has 60 valence electrons. The van der Waals surface area contributed by atoms with Gasteiger partial charge in [0.25, 0.3) is 0 Å². The van der Waals surface area contributed by atoms with Crippen LogP contribution in [0.1, 0.15) is 29.9 Å². The summed E-state index contributed by atoms with van der Waals surface area (Å²) in [7, 11) is 0. The molecule has 2 heteroatoms. The van der Waals surface area contributed by atoms with Crippen LogP contribution in [0.15, 0.2) is 18.2 Å². The van der Waals surface area contributed by atoms with Gasteiger partial charge in [0, 0.05) is 5.02 Å². The third kappa shape index (κ3) is 1.31. The Labute approximate surface area is 76.6 Å². The summed E-state index contributed by atoms with van der Waals surface area (Å²) in [5.41, 5.74) is 1.85. The maximum Gasteiger partial charge on any atom is 0.0992 e. The normalized spacial score (nSPS) is 15.7. The Balaban J connectivity index is 2.40. The topological polar surface area (TPSA) is 23.8 Å². The third-order valence-electron chi connectivity index (χ3n) is 2.15. The van der Waals surface area contributed by atoms with Crippen molar-refractivity contribution in [1.29, 1.82) is 5.26 Å². The van der Waals surface area contributed by atoms with Gasteiger partial charge in [-0.3, -0.25) is 0 Å². The first-order valence-electron chi connectivity index (χ1n) is 4.01. The SMILES string of the molecule is N#Cc1ccc(C2CC2)c(Cl)c1. The summed E-state index contributed by atoms with van der Waals surface area (Å²) in [6, 6.07) is 7.62. The molecule has 1 aliphatic carbocycles. The number of hydrogen-bond acceptors (Lipinski definition) is 1. The van der Waals surface area contributed by atoms with E-state index in [9.17, 15) is 0 Å². The van der Waals surface area contributed by atoms with Crippen LogP contribution in [0.3, 0.4) is 0 Å². The monoisotopic (exact) mass is 177 g/mol. The van der Waals surface area contributed by atoms with E-state index in [1.54, 1.807) is 6.07 Å². The Morgan fingerprint density at radius 2 is 2.17 bits per heavy atom. The summed E-state index contributed by atoms with van der Waals surface area (Å²) in [5.74, 6) is 0.658. The lowest BCUT2D eigenvalue weighted by molar-refractivity contribution is 1.13. The molecule has 12 heavy (non-hydrogen) atoms. The molecule has 1 aliphatic rings. The van der Waals surface area contributed by atoms with Crippen LogP contribution in [-0.2, 0) is 0 Å². The minimum Gasteiger partial charge on any atom is -0.192 e. The fourth-order valence-electron chi connectivity index (χ4n) is 1.32. The molecule has 0 unspecified atom stereocenters. The van der Waals surface area contributed by atoms with Gasteiger partial charge in [-0.25, -0.2) is 0 Å². The fourth-order valence-corrected chi connectivity index (χ4v) is 1.66. The van der Waals surface area contributed by atoms with Gasteiger partial charge in [-0.1, -0.05) is 17.7 Å². The van der Waals surface area contributed by atoms with E-state index in [0.29, 0.717) is 11.5 Å². The molecule has 0 spiro atoms. The predicted molar refractivity (Wildman–Crippen MR) is 48.1 cm³/mol. The Morgan fingerprint density at radius 1 is 1.42 bits per heavy atom. The third-order valence-corrected chi connectivity index (χ3v) is 2.47. The van der Waals surface area contributed by atoms with Crippen LogP contribution < -0.4 is 0 Å². The molecule has 0 amide bonds. The molecule has 0 bridgehead atoms. The predicted octanol–water partition coefficient (Wildman–Crippen LogP) is 3.09. The molecule has 0 N–H and O–H groups in total. The highest BCUT2D eigenvalue weighted by molar-refractivity contribution is 6.31. The number of nitriles is 1. The number of nitrogens with zero attached hydrogens (tertiary/aromatic N) is 1. The van der Waals surface area contributed by atoms with Crippen LogP contribution in [0.5, 0.6) is 0 Å². The van der Waals surface area contributed by atoms with Crippen LogP contribution in [-0.4, -0.2) is 0 Å². The van der Waals surface area contributed by atoms with Crippen molar-refractivity contribution in [2.45, 2.75) is 18.8 Å². The van der Waals surface area contributed by atoms with Crippen LogP contribution in [0.4, 0.5) is 0 Å². The van der Waals surface area contributed by atoms with Crippen molar-refractivity contribution in [3.63, 3.8) is 0 Å². The fraction of sp³-hybridized carbons (Fsp3) is 0.300. The van der Waals surface area contributed by atoms with Crippen molar-refractivity contribution in [3.8, 4) is 6.07 Å². The molecule has 0 heterocycles. The second-order valence-corrected chi connectivity index (χ2v) is 3.53. The van der Waals surface area contributed by atoms with E-state index in [0.717, 1.165) is 5.02 Å². The lowest BCUT2D eigenvalue weighted by Gasteiger charge is -2.00. The zero-order chi connectivity index (χ0) is 8.55. The first-order chi connectivity index (χ1) is 5.81. The molecule has 1 aromatic rings. The Bertz CT molecular complexity index is 347. The number of halogens is 1. The van der Waals surface area contributed by atoms with Gasteiger partial charge in [0.15, 0.2) is 0 Å². The van der Waals surface area contributed by atoms with Gasteiger partial charge >= 0.3 is 0 Å². The van der Waals surface area contributed by atoms with Gasteiger partial charge in [0.05, 0.1) is 11.6 Å². The molecule has 2 rings (SSSR count). The van der Waals surface area contributed by atoms with Gasteiger partial charge in [0.1, 0.15) is 0 Å². The maximum atomic E-state index is 8.60. The van der Waals surface area contributed by atoms with E-state index in [2.05, 4.69) is 6.07 Å². The Kier molecular flexibility index (Phi) is 1.78. The second kappa shape index (κ2) is 2.80. The molecule has 0 radical (unpaired) electrons. The molecule has 0 saturated heterocycles. The lowest BCUT2D eigenvalue weighted by atomic mass is 10.1. The van der Waals surface area contributed by atoms with Crippen LogP contribution in [0, 0.1) is 11.3 Å². The summed E-state index contributed by atoms with van der Waals surface area (Å²) in [5, 5.41) is 9.35. The van der Waals surface area contributed by atoms with Gasteiger partial charge in [-0.15, -0.1) is 0 Å². The van der Waals surface area contributed by atoms with E-state index in [4.69, 9.17) is 16.9 Å². The highest BCUT2D eigenvalue weighted by Crippen LogP contribution is 2.43. The van der Waals surface area contributed by atoms with E-state index in [1.807, 2.05) is 12.1 Å². The summed E-state index contributed by atoms with van der Waals surface area (Å²) < 4.78 is 0. The first kappa shape index (κ1) is 7.64. The zero-order valence-corrected chi connectivity index (χ0v) is 7.30. The summed E-state index contributed by atoms with van der Waals surface area (Å²) in [6.45, 7) is 0. The minimum atomic E-state index is 0.643.